The smallest absolute Gasteiger partial charge is 0.294 e. The first-order chi connectivity index (χ1) is 14.2. The number of nitrogens with zero attached hydrogens (tertiary/aromatic N) is 6. The van der Waals surface area contributed by atoms with E-state index in [1.165, 1.54) is 16.0 Å². The molecule has 1 amide bonds. The zero-order valence-electron chi connectivity index (χ0n) is 15.0. The van der Waals surface area contributed by atoms with Crippen LogP contribution in [0.1, 0.15) is 16.1 Å². The maximum absolute atomic E-state index is 12.7. The third kappa shape index (κ3) is 3.88. The van der Waals surface area contributed by atoms with Crippen LogP contribution < -0.4 is 11.2 Å². The molecule has 0 fully saturated rings. The number of anilines is 1. The van der Waals surface area contributed by atoms with Crippen molar-refractivity contribution in [2.45, 2.75) is 4.90 Å². The molecule has 12 heteroatoms. The van der Waals surface area contributed by atoms with Gasteiger partial charge >= 0.3 is 0 Å². The number of aromatic nitrogens is 5. The van der Waals surface area contributed by atoms with Gasteiger partial charge in [-0.1, -0.05) is 23.4 Å². The highest BCUT2D eigenvalue weighted by Crippen LogP contribution is 2.29. The van der Waals surface area contributed by atoms with Crippen molar-refractivity contribution in [3.63, 3.8) is 0 Å². The summed E-state index contributed by atoms with van der Waals surface area (Å²) in [7, 11) is 0. The standard InChI is InChI=1S/C17H14N8O2S2/c1-28-11-6-4-10(5-7-11)9-19-21-17(26)13-14(12-3-2-8-29-12)25(24-20-13)16-15(18)22-27-23-16/h2-9H,1H3,(H2,18,22)(H,21,26)/b19-9+. The van der Waals surface area contributed by atoms with E-state index in [0.29, 0.717) is 5.69 Å². The molecular weight excluding hydrogens is 412 g/mol. The highest BCUT2D eigenvalue weighted by Gasteiger charge is 2.25. The predicted molar refractivity (Wildman–Crippen MR) is 110 cm³/mol. The Morgan fingerprint density at radius 2 is 2.14 bits per heavy atom. The average Bonchev–Trinajstić information content (AvgIpc) is 3.48. The summed E-state index contributed by atoms with van der Waals surface area (Å²) in [5.74, 6) is -0.338. The highest BCUT2D eigenvalue weighted by atomic mass is 32.2. The summed E-state index contributed by atoms with van der Waals surface area (Å²) in [4.78, 5) is 14.6. The molecule has 0 saturated carbocycles. The Labute approximate surface area is 172 Å². The van der Waals surface area contributed by atoms with Crippen molar-refractivity contribution < 1.29 is 9.42 Å². The Hall–Kier alpha value is -3.51. The lowest BCUT2D eigenvalue weighted by Crippen LogP contribution is -2.19. The second-order valence-electron chi connectivity index (χ2n) is 5.62. The van der Waals surface area contributed by atoms with Gasteiger partial charge in [-0.2, -0.15) is 9.78 Å². The molecule has 0 aliphatic rings. The molecule has 3 aromatic heterocycles. The molecule has 4 aromatic rings. The lowest BCUT2D eigenvalue weighted by Gasteiger charge is -2.03. The number of hydrogen-bond donors (Lipinski definition) is 2. The molecule has 0 radical (unpaired) electrons. The fourth-order valence-corrected chi connectivity index (χ4v) is 3.63. The van der Waals surface area contributed by atoms with E-state index in [1.807, 2.05) is 48.0 Å². The Balaban J connectivity index is 1.60. The van der Waals surface area contributed by atoms with Crippen LogP contribution in [0.15, 0.2) is 56.4 Å². The molecule has 0 unspecified atom stereocenters. The third-order valence-corrected chi connectivity index (χ3v) is 5.45. The molecule has 0 saturated heterocycles. The lowest BCUT2D eigenvalue weighted by atomic mass is 10.2. The van der Waals surface area contributed by atoms with Crippen LogP contribution in [0.2, 0.25) is 0 Å². The summed E-state index contributed by atoms with van der Waals surface area (Å²) in [5, 5.41) is 21.1. The molecule has 4 rings (SSSR count). The summed E-state index contributed by atoms with van der Waals surface area (Å²) in [6.45, 7) is 0. The van der Waals surface area contributed by atoms with Crippen molar-refractivity contribution in [2.24, 2.45) is 5.10 Å². The number of nitrogens with one attached hydrogen (secondary N) is 1. The molecule has 0 aliphatic heterocycles. The first kappa shape index (κ1) is 18.8. The van der Waals surface area contributed by atoms with Crippen molar-refractivity contribution in [2.75, 3.05) is 12.0 Å². The largest absolute Gasteiger partial charge is 0.378 e. The number of nitrogen functional groups attached to an aromatic ring is 1. The Kier molecular flexibility index (Phi) is 5.35. The zero-order valence-corrected chi connectivity index (χ0v) is 16.6. The number of thioether (sulfide) groups is 1. The number of carbonyl (C=O) groups excluding carboxylic acids is 1. The molecule has 0 atom stereocenters. The first-order valence-corrected chi connectivity index (χ1v) is 10.3. The normalized spacial score (nSPS) is 11.2. The molecule has 3 N–H and O–H groups in total. The van der Waals surface area contributed by atoms with Gasteiger partial charge in [0, 0.05) is 4.90 Å². The molecule has 3 heterocycles. The topological polar surface area (TPSA) is 137 Å². The Morgan fingerprint density at radius 1 is 1.31 bits per heavy atom. The summed E-state index contributed by atoms with van der Waals surface area (Å²) in [6, 6.07) is 11.5. The molecule has 10 nitrogen and oxygen atoms in total. The van der Waals surface area contributed by atoms with E-state index in [-0.39, 0.29) is 17.3 Å². The van der Waals surface area contributed by atoms with Crippen LogP contribution in [0.25, 0.3) is 16.4 Å². The average molecular weight is 426 g/mol. The minimum Gasteiger partial charge on any atom is -0.378 e. The number of rotatable bonds is 6. The number of nitrogens with two attached hydrogens (primary N) is 1. The number of hydrogen-bond acceptors (Lipinski definition) is 10. The second kappa shape index (κ2) is 8.24. The van der Waals surface area contributed by atoms with Gasteiger partial charge < -0.3 is 5.73 Å². The quantitative estimate of drug-likeness (QED) is 0.272. The number of hydrazone groups is 1. The van der Waals surface area contributed by atoms with Gasteiger partial charge in [-0.25, -0.2) is 10.1 Å². The number of carbonyl (C=O) groups is 1. The van der Waals surface area contributed by atoms with Gasteiger partial charge in [-0.15, -0.1) is 28.2 Å². The second-order valence-corrected chi connectivity index (χ2v) is 7.45. The number of benzene rings is 1. The SMILES string of the molecule is CSc1ccc(/C=N/NC(=O)c2nnn(-c3nonc3N)c2-c2cccs2)cc1. The van der Waals surface area contributed by atoms with Gasteiger partial charge in [-0.05, 0) is 45.7 Å². The van der Waals surface area contributed by atoms with Crippen LogP contribution in [0.5, 0.6) is 0 Å². The fraction of sp³-hybridized carbons (Fsp3) is 0.0588. The van der Waals surface area contributed by atoms with Gasteiger partial charge in [0.05, 0.1) is 11.1 Å². The van der Waals surface area contributed by atoms with Crippen molar-refractivity contribution >= 4 is 41.0 Å². The maximum Gasteiger partial charge on any atom is 0.294 e. The van der Waals surface area contributed by atoms with Crippen LogP contribution >= 0.6 is 23.1 Å². The van der Waals surface area contributed by atoms with Crippen molar-refractivity contribution in [3.05, 3.63) is 53.0 Å². The number of amides is 1. The van der Waals surface area contributed by atoms with Gasteiger partial charge in [-0.3, -0.25) is 4.79 Å². The zero-order chi connectivity index (χ0) is 20.2. The monoisotopic (exact) mass is 426 g/mol. The van der Waals surface area contributed by atoms with E-state index in [0.717, 1.165) is 15.3 Å². The molecule has 146 valence electrons. The van der Waals surface area contributed by atoms with E-state index in [1.54, 1.807) is 18.0 Å². The van der Waals surface area contributed by atoms with Crippen LogP contribution in [0.3, 0.4) is 0 Å². The van der Waals surface area contributed by atoms with Gasteiger partial charge in [0.2, 0.25) is 11.6 Å². The van der Waals surface area contributed by atoms with E-state index in [9.17, 15) is 4.79 Å². The first-order valence-electron chi connectivity index (χ1n) is 8.23. The van der Waals surface area contributed by atoms with Gasteiger partial charge in [0.15, 0.2) is 5.69 Å². The minimum absolute atomic E-state index is 0.0337. The molecule has 0 bridgehead atoms. The van der Waals surface area contributed by atoms with Crippen LogP contribution in [-0.4, -0.2) is 43.7 Å². The van der Waals surface area contributed by atoms with Gasteiger partial charge in [0.25, 0.3) is 5.91 Å². The molecule has 0 spiro atoms. The Morgan fingerprint density at radius 3 is 2.79 bits per heavy atom. The molecular formula is C17H14N8O2S2. The predicted octanol–water partition coefficient (Wildman–Crippen LogP) is 2.45. The third-order valence-electron chi connectivity index (χ3n) is 3.83. The molecule has 0 aliphatic carbocycles. The van der Waals surface area contributed by atoms with E-state index in [2.05, 4.69) is 35.8 Å². The van der Waals surface area contributed by atoms with Crippen molar-refractivity contribution in [3.8, 4) is 16.4 Å². The van der Waals surface area contributed by atoms with Crippen molar-refractivity contribution in [1.82, 2.24) is 30.7 Å². The highest BCUT2D eigenvalue weighted by molar-refractivity contribution is 7.98. The number of thiophene rings is 1. The summed E-state index contributed by atoms with van der Waals surface area (Å²) >= 11 is 3.06. The van der Waals surface area contributed by atoms with E-state index in [4.69, 9.17) is 5.73 Å². The molecule has 1 aromatic carbocycles. The summed E-state index contributed by atoms with van der Waals surface area (Å²) in [5.41, 5.74) is 9.59. The van der Waals surface area contributed by atoms with E-state index >= 15 is 0 Å². The minimum atomic E-state index is -0.522. The molecule has 29 heavy (non-hydrogen) atoms. The maximum atomic E-state index is 12.7. The van der Waals surface area contributed by atoms with Crippen LogP contribution in [0.4, 0.5) is 5.82 Å². The van der Waals surface area contributed by atoms with Crippen LogP contribution in [0, 0.1) is 0 Å². The summed E-state index contributed by atoms with van der Waals surface area (Å²) < 4.78 is 5.95. The van der Waals surface area contributed by atoms with E-state index < -0.39 is 5.91 Å². The fourth-order valence-electron chi connectivity index (χ4n) is 2.46. The van der Waals surface area contributed by atoms with Crippen molar-refractivity contribution in [1.29, 1.82) is 0 Å². The van der Waals surface area contributed by atoms with Crippen LogP contribution in [-0.2, 0) is 0 Å². The lowest BCUT2D eigenvalue weighted by molar-refractivity contribution is 0.0951. The Bertz CT molecular complexity index is 1150. The summed E-state index contributed by atoms with van der Waals surface area (Å²) in [6.07, 6.45) is 3.56. The van der Waals surface area contributed by atoms with Gasteiger partial charge in [0.1, 0.15) is 5.69 Å².